The van der Waals surface area contributed by atoms with Gasteiger partial charge in [-0.25, -0.2) is 4.39 Å². The van der Waals surface area contributed by atoms with Crippen molar-refractivity contribution < 1.29 is 19.1 Å². The van der Waals surface area contributed by atoms with Crippen molar-refractivity contribution in [3.63, 3.8) is 0 Å². The Morgan fingerprint density at radius 2 is 1.65 bits per heavy atom. The molecule has 1 fully saturated rings. The predicted molar refractivity (Wildman–Crippen MR) is 85.7 cm³/mol. The molecule has 1 aromatic rings. The third kappa shape index (κ3) is 5.05. The first-order valence-corrected chi connectivity index (χ1v) is 8.31. The van der Waals surface area contributed by atoms with E-state index < -0.39 is 11.4 Å². The van der Waals surface area contributed by atoms with Gasteiger partial charge >= 0.3 is 5.97 Å². The van der Waals surface area contributed by atoms with E-state index in [2.05, 4.69) is 5.32 Å². The molecule has 1 saturated carbocycles. The Labute approximate surface area is 136 Å². The fourth-order valence-electron chi connectivity index (χ4n) is 2.84. The maximum atomic E-state index is 13.0. The van der Waals surface area contributed by atoms with Crippen LogP contribution in [0.1, 0.15) is 56.9 Å². The molecule has 126 valence electrons. The Kier molecular flexibility index (Phi) is 6.13. The molecule has 0 atom stereocenters. The lowest BCUT2D eigenvalue weighted by Gasteiger charge is -2.15. The van der Waals surface area contributed by atoms with Gasteiger partial charge in [0.05, 0.1) is 5.41 Å². The number of nitrogens with one attached hydrogen (secondary N) is 1. The zero-order valence-corrected chi connectivity index (χ0v) is 13.3. The number of amides is 1. The molecule has 0 spiro atoms. The van der Waals surface area contributed by atoms with Crippen LogP contribution in [-0.4, -0.2) is 23.5 Å². The number of hydrogen-bond acceptors (Lipinski definition) is 2. The van der Waals surface area contributed by atoms with Crippen LogP contribution in [0.5, 0.6) is 0 Å². The van der Waals surface area contributed by atoms with Gasteiger partial charge in [0.1, 0.15) is 5.82 Å². The maximum absolute atomic E-state index is 13.0. The first-order chi connectivity index (χ1) is 11.0. The standard InChI is InChI=1S/C18H24FNO3/c19-15-9-7-14(8-10-15)18(11-12-18)17(23)20-13-5-3-1-2-4-6-16(21)22/h7-10H,1-6,11-13H2,(H,20,23)(H,21,22). The molecule has 4 nitrogen and oxygen atoms in total. The van der Waals surface area contributed by atoms with Gasteiger partial charge in [-0.1, -0.05) is 31.4 Å². The second-order valence-electron chi connectivity index (χ2n) is 6.26. The first kappa shape index (κ1) is 17.4. The van der Waals surface area contributed by atoms with Gasteiger partial charge in [-0.15, -0.1) is 0 Å². The van der Waals surface area contributed by atoms with Gasteiger partial charge in [0.25, 0.3) is 0 Å². The molecule has 1 aromatic carbocycles. The summed E-state index contributed by atoms with van der Waals surface area (Å²) in [6, 6.07) is 6.20. The third-order valence-electron chi connectivity index (χ3n) is 4.43. The summed E-state index contributed by atoms with van der Waals surface area (Å²) < 4.78 is 13.0. The summed E-state index contributed by atoms with van der Waals surface area (Å²) in [5.74, 6) is -0.990. The van der Waals surface area contributed by atoms with Crippen LogP contribution < -0.4 is 5.32 Å². The first-order valence-electron chi connectivity index (χ1n) is 8.31. The SMILES string of the molecule is O=C(O)CCCCCCCNC(=O)C1(c2ccc(F)cc2)CC1. The molecule has 1 aliphatic carbocycles. The van der Waals surface area contributed by atoms with E-state index in [0.29, 0.717) is 6.54 Å². The Bertz CT molecular complexity index is 538. The number of carboxylic acid groups (broad SMARTS) is 1. The third-order valence-corrected chi connectivity index (χ3v) is 4.43. The van der Waals surface area contributed by atoms with Crippen LogP contribution >= 0.6 is 0 Å². The summed E-state index contributed by atoms with van der Waals surface area (Å²) in [5, 5.41) is 11.5. The van der Waals surface area contributed by atoms with E-state index in [1.54, 1.807) is 12.1 Å². The van der Waals surface area contributed by atoms with E-state index >= 15 is 0 Å². The molecule has 1 amide bonds. The van der Waals surface area contributed by atoms with Gasteiger partial charge < -0.3 is 10.4 Å². The van der Waals surface area contributed by atoms with Gasteiger partial charge in [0.2, 0.25) is 5.91 Å². The van der Waals surface area contributed by atoms with Gasteiger partial charge in [-0.2, -0.15) is 0 Å². The number of benzene rings is 1. The van der Waals surface area contributed by atoms with E-state index in [4.69, 9.17) is 5.11 Å². The zero-order chi connectivity index (χ0) is 16.7. The molecule has 5 heteroatoms. The lowest BCUT2D eigenvalue weighted by Crippen LogP contribution is -2.35. The molecule has 23 heavy (non-hydrogen) atoms. The van der Waals surface area contributed by atoms with Crippen LogP contribution in [-0.2, 0) is 15.0 Å². The van der Waals surface area contributed by atoms with Crippen LogP contribution in [0.4, 0.5) is 4.39 Å². The Balaban J connectivity index is 1.63. The Morgan fingerprint density at radius 1 is 1.04 bits per heavy atom. The summed E-state index contributed by atoms with van der Waals surface area (Å²) in [5.41, 5.74) is 0.444. The van der Waals surface area contributed by atoms with Crippen LogP contribution in [0.15, 0.2) is 24.3 Å². The average molecular weight is 321 g/mol. The monoisotopic (exact) mass is 321 g/mol. The quantitative estimate of drug-likeness (QED) is 0.649. The molecule has 2 rings (SSSR count). The summed E-state index contributed by atoms with van der Waals surface area (Å²) in [6.45, 7) is 0.640. The number of halogens is 1. The van der Waals surface area contributed by atoms with Crippen molar-refractivity contribution >= 4 is 11.9 Å². The molecule has 0 aromatic heterocycles. The van der Waals surface area contributed by atoms with E-state index in [9.17, 15) is 14.0 Å². The molecule has 2 N–H and O–H groups in total. The number of rotatable bonds is 10. The highest BCUT2D eigenvalue weighted by atomic mass is 19.1. The van der Waals surface area contributed by atoms with Crippen molar-refractivity contribution in [1.82, 2.24) is 5.32 Å². The minimum atomic E-state index is -0.743. The number of carboxylic acids is 1. The molecule has 0 heterocycles. The van der Waals surface area contributed by atoms with Crippen molar-refractivity contribution in [2.75, 3.05) is 6.54 Å². The summed E-state index contributed by atoms with van der Waals surface area (Å²) >= 11 is 0. The Hall–Kier alpha value is -1.91. The van der Waals surface area contributed by atoms with Crippen LogP contribution in [0.3, 0.4) is 0 Å². The molecular weight excluding hydrogens is 297 g/mol. The number of hydrogen-bond donors (Lipinski definition) is 2. The molecule has 1 aliphatic rings. The van der Waals surface area contributed by atoms with Gasteiger partial charge in [0, 0.05) is 13.0 Å². The minimum absolute atomic E-state index is 0.0370. The van der Waals surface area contributed by atoms with Crippen LogP contribution in [0.25, 0.3) is 0 Å². The molecular formula is C18H24FNO3. The summed E-state index contributed by atoms with van der Waals surface area (Å²) in [6.07, 6.45) is 6.39. The van der Waals surface area contributed by atoms with E-state index in [1.807, 2.05) is 0 Å². The van der Waals surface area contributed by atoms with Gasteiger partial charge in [-0.3, -0.25) is 9.59 Å². The van der Waals surface area contributed by atoms with Gasteiger partial charge in [-0.05, 0) is 43.4 Å². The highest BCUT2D eigenvalue weighted by Crippen LogP contribution is 2.48. The van der Waals surface area contributed by atoms with E-state index in [1.165, 1.54) is 12.1 Å². The van der Waals surface area contributed by atoms with Crippen molar-refractivity contribution in [1.29, 1.82) is 0 Å². The number of carbonyl (C=O) groups is 2. The molecule has 0 radical (unpaired) electrons. The molecule has 0 aliphatic heterocycles. The highest BCUT2D eigenvalue weighted by molar-refractivity contribution is 5.91. The fraction of sp³-hybridized carbons (Fsp3) is 0.556. The van der Waals surface area contributed by atoms with Crippen molar-refractivity contribution in [2.45, 2.75) is 56.8 Å². The van der Waals surface area contributed by atoms with Gasteiger partial charge in [0.15, 0.2) is 0 Å². The number of carbonyl (C=O) groups excluding carboxylic acids is 1. The number of aliphatic carboxylic acids is 1. The Morgan fingerprint density at radius 3 is 2.26 bits per heavy atom. The van der Waals surface area contributed by atoms with E-state index in [0.717, 1.165) is 50.5 Å². The normalized spacial score (nSPS) is 15.2. The van der Waals surface area contributed by atoms with Crippen LogP contribution in [0.2, 0.25) is 0 Å². The predicted octanol–water partition coefficient (Wildman–Crippen LogP) is 3.40. The largest absolute Gasteiger partial charge is 0.481 e. The second kappa shape index (κ2) is 8.09. The lowest BCUT2D eigenvalue weighted by atomic mass is 9.95. The maximum Gasteiger partial charge on any atom is 0.303 e. The second-order valence-corrected chi connectivity index (χ2v) is 6.26. The average Bonchev–Trinajstić information content (AvgIpc) is 3.32. The van der Waals surface area contributed by atoms with E-state index in [-0.39, 0.29) is 18.1 Å². The molecule has 0 bridgehead atoms. The number of unbranched alkanes of at least 4 members (excludes halogenated alkanes) is 4. The van der Waals surface area contributed by atoms with Crippen molar-refractivity contribution in [3.05, 3.63) is 35.6 Å². The summed E-state index contributed by atoms with van der Waals surface area (Å²) in [7, 11) is 0. The topological polar surface area (TPSA) is 66.4 Å². The fourth-order valence-corrected chi connectivity index (χ4v) is 2.84. The van der Waals surface area contributed by atoms with Crippen molar-refractivity contribution in [2.24, 2.45) is 0 Å². The molecule has 0 unspecified atom stereocenters. The van der Waals surface area contributed by atoms with Crippen molar-refractivity contribution in [3.8, 4) is 0 Å². The van der Waals surface area contributed by atoms with Crippen LogP contribution in [0, 0.1) is 5.82 Å². The molecule has 0 saturated heterocycles. The highest BCUT2D eigenvalue weighted by Gasteiger charge is 2.50. The summed E-state index contributed by atoms with van der Waals surface area (Å²) in [4.78, 5) is 22.7. The zero-order valence-electron chi connectivity index (χ0n) is 13.3. The smallest absolute Gasteiger partial charge is 0.303 e. The lowest BCUT2D eigenvalue weighted by molar-refractivity contribution is -0.137. The minimum Gasteiger partial charge on any atom is -0.481 e.